The molecule has 0 saturated carbocycles. The normalized spacial score (nSPS) is 13.0. The van der Waals surface area contributed by atoms with Crippen molar-refractivity contribution in [2.45, 2.75) is 91.7 Å². The third-order valence-corrected chi connectivity index (χ3v) is 7.71. The molecule has 182 valence electrons. The molecule has 33 heavy (non-hydrogen) atoms. The molecule has 0 aliphatic carbocycles. The van der Waals surface area contributed by atoms with Crippen LogP contribution in [0.3, 0.4) is 0 Å². The Hall–Kier alpha value is -1.91. The van der Waals surface area contributed by atoms with Crippen LogP contribution in [0.25, 0.3) is 0 Å². The van der Waals surface area contributed by atoms with E-state index in [1.807, 2.05) is 13.0 Å². The summed E-state index contributed by atoms with van der Waals surface area (Å²) in [5.74, 6) is -0.0399. The van der Waals surface area contributed by atoms with Crippen LogP contribution in [0.4, 0.5) is 0 Å². The maximum absolute atomic E-state index is 12.9. The predicted molar refractivity (Wildman–Crippen MR) is 138 cm³/mol. The van der Waals surface area contributed by atoms with Gasteiger partial charge in [0.1, 0.15) is 11.5 Å². The zero-order valence-electron chi connectivity index (χ0n) is 21.0. The Bertz CT molecular complexity index is 1010. The SMILES string of the molecule is CCC(NC(=O)c1cc(Cl)c(C)c(Cl)c1O)Oc1ccc(C(C)(C)CC)cc1C(C)(C)CC. The van der Waals surface area contributed by atoms with Gasteiger partial charge >= 0.3 is 0 Å². The van der Waals surface area contributed by atoms with Gasteiger partial charge in [0.2, 0.25) is 0 Å². The predicted octanol–water partition coefficient (Wildman–Crippen LogP) is 7.93. The van der Waals surface area contributed by atoms with Gasteiger partial charge in [0.15, 0.2) is 6.23 Å². The topological polar surface area (TPSA) is 58.6 Å². The van der Waals surface area contributed by atoms with Crippen molar-refractivity contribution in [1.29, 1.82) is 0 Å². The van der Waals surface area contributed by atoms with Crippen LogP contribution in [0.15, 0.2) is 24.3 Å². The number of phenols is 1. The fourth-order valence-electron chi connectivity index (χ4n) is 3.45. The number of nitrogens with one attached hydrogen (secondary N) is 1. The molecule has 2 aromatic carbocycles. The van der Waals surface area contributed by atoms with Crippen molar-refractivity contribution in [2.24, 2.45) is 0 Å². The fourth-order valence-corrected chi connectivity index (χ4v) is 3.90. The summed E-state index contributed by atoms with van der Waals surface area (Å²) in [5, 5.41) is 13.6. The Labute approximate surface area is 208 Å². The summed E-state index contributed by atoms with van der Waals surface area (Å²) in [6, 6.07) is 7.77. The van der Waals surface area contributed by atoms with E-state index in [0.29, 0.717) is 17.0 Å². The second-order valence-corrected chi connectivity index (χ2v) is 10.7. The van der Waals surface area contributed by atoms with Gasteiger partial charge in [-0.25, -0.2) is 0 Å². The highest BCUT2D eigenvalue weighted by molar-refractivity contribution is 6.37. The molecule has 1 atom stereocenters. The van der Waals surface area contributed by atoms with Crippen LogP contribution in [-0.2, 0) is 10.8 Å². The Morgan fingerprint density at radius 3 is 2.21 bits per heavy atom. The van der Waals surface area contributed by atoms with Crippen LogP contribution in [0, 0.1) is 6.92 Å². The summed E-state index contributed by atoms with van der Waals surface area (Å²) in [4.78, 5) is 12.9. The van der Waals surface area contributed by atoms with Gasteiger partial charge in [-0.3, -0.25) is 4.79 Å². The largest absolute Gasteiger partial charge is 0.506 e. The minimum absolute atomic E-state index is 0.0202. The minimum Gasteiger partial charge on any atom is -0.506 e. The van der Waals surface area contributed by atoms with Crippen LogP contribution >= 0.6 is 23.2 Å². The van der Waals surface area contributed by atoms with Crippen molar-refractivity contribution in [1.82, 2.24) is 5.32 Å². The Morgan fingerprint density at radius 1 is 1.06 bits per heavy atom. The molecule has 1 amide bonds. The first-order chi connectivity index (χ1) is 15.3. The number of benzene rings is 2. The van der Waals surface area contributed by atoms with Crippen molar-refractivity contribution in [3.8, 4) is 11.5 Å². The van der Waals surface area contributed by atoms with Crippen molar-refractivity contribution >= 4 is 29.1 Å². The molecular formula is C27H37Cl2NO3. The molecule has 0 aliphatic rings. The number of rotatable bonds is 9. The number of hydrogen-bond donors (Lipinski definition) is 2. The van der Waals surface area contributed by atoms with Crippen LogP contribution in [0.2, 0.25) is 10.0 Å². The highest BCUT2D eigenvalue weighted by atomic mass is 35.5. The van der Waals surface area contributed by atoms with E-state index in [0.717, 1.165) is 24.2 Å². The van der Waals surface area contributed by atoms with Gasteiger partial charge in [-0.15, -0.1) is 0 Å². The number of carbonyl (C=O) groups excluding carboxylic acids is 1. The summed E-state index contributed by atoms with van der Waals surface area (Å²) < 4.78 is 6.32. The highest BCUT2D eigenvalue weighted by Crippen LogP contribution is 2.39. The molecule has 2 rings (SSSR count). The van der Waals surface area contributed by atoms with E-state index in [4.69, 9.17) is 27.9 Å². The smallest absolute Gasteiger partial charge is 0.257 e. The second kappa shape index (κ2) is 10.6. The van der Waals surface area contributed by atoms with Gasteiger partial charge in [0.05, 0.1) is 10.6 Å². The molecule has 0 spiro atoms. The summed E-state index contributed by atoms with van der Waals surface area (Å²) in [6.45, 7) is 16.8. The Morgan fingerprint density at radius 2 is 1.67 bits per heavy atom. The lowest BCUT2D eigenvalue weighted by atomic mass is 9.76. The number of halogens is 2. The van der Waals surface area contributed by atoms with Crippen molar-refractivity contribution in [3.05, 3.63) is 56.6 Å². The molecule has 4 nitrogen and oxygen atoms in total. The molecule has 0 fully saturated rings. The maximum atomic E-state index is 12.9. The van der Waals surface area contributed by atoms with Crippen LogP contribution in [-0.4, -0.2) is 17.2 Å². The zero-order chi connectivity index (χ0) is 25.1. The van der Waals surface area contributed by atoms with E-state index in [9.17, 15) is 9.90 Å². The van der Waals surface area contributed by atoms with E-state index in [2.05, 4.69) is 59.0 Å². The standard InChI is InChI=1S/C27H37Cl2NO3/c1-9-22(30-25(32)18-15-20(28)16(4)23(29)24(18)31)33-21-13-12-17(26(5,6)10-2)14-19(21)27(7,8)11-3/h12-15,22,31H,9-11H2,1-8H3,(H,30,32). The molecule has 6 heteroatoms. The molecule has 0 aliphatic heterocycles. The fraction of sp³-hybridized carbons (Fsp3) is 0.519. The molecule has 0 aromatic heterocycles. The molecule has 0 bridgehead atoms. The molecule has 2 N–H and O–H groups in total. The molecular weight excluding hydrogens is 457 g/mol. The van der Waals surface area contributed by atoms with Crippen LogP contribution in [0.5, 0.6) is 11.5 Å². The highest BCUT2D eigenvalue weighted by Gasteiger charge is 2.28. The van der Waals surface area contributed by atoms with Gasteiger partial charge in [-0.1, -0.05) is 83.8 Å². The molecule has 0 heterocycles. The lowest BCUT2D eigenvalue weighted by Gasteiger charge is -2.31. The maximum Gasteiger partial charge on any atom is 0.257 e. The quantitative estimate of drug-likeness (QED) is 0.348. The van der Waals surface area contributed by atoms with Crippen molar-refractivity contribution in [3.63, 3.8) is 0 Å². The minimum atomic E-state index is -0.591. The number of carbonyl (C=O) groups is 1. The lowest BCUT2D eigenvalue weighted by molar-refractivity contribution is 0.0816. The van der Waals surface area contributed by atoms with Gasteiger partial charge in [0.25, 0.3) is 5.91 Å². The first kappa shape index (κ1) is 27.3. The van der Waals surface area contributed by atoms with Crippen molar-refractivity contribution in [2.75, 3.05) is 0 Å². The summed E-state index contributed by atoms with van der Waals surface area (Å²) in [7, 11) is 0. The van der Waals surface area contributed by atoms with Gasteiger partial charge in [-0.05, 0) is 53.9 Å². The number of phenolic OH excluding ortho intramolecular Hbond substituents is 1. The molecule has 0 saturated heterocycles. The van der Waals surface area contributed by atoms with Crippen molar-refractivity contribution < 1.29 is 14.6 Å². The molecule has 0 radical (unpaired) electrons. The van der Waals surface area contributed by atoms with E-state index in [1.54, 1.807) is 6.92 Å². The van der Waals surface area contributed by atoms with Crippen LogP contribution in [0.1, 0.15) is 94.8 Å². The number of hydrogen-bond acceptors (Lipinski definition) is 3. The third-order valence-electron chi connectivity index (χ3n) is 6.86. The third kappa shape index (κ3) is 5.96. The summed E-state index contributed by atoms with van der Waals surface area (Å²) in [5.41, 5.74) is 2.87. The monoisotopic (exact) mass is 493 g/mol. The summed E-state index contributed by atoms with van der Waals surface area (Å²) >= 11 is 12.3. The van der Waals surface area contributed by atoms with Crippen LogP contribution < -0.4 is 10.1 Å². The average molecular weight is 495 g/mol. The van der Waals surface area contributed by atoms with E-state index < -0.39 is 12.1 Å². The first-order valence-corrected chi connectivity index (χ1v) is 12.3. The number of ether oxygens (including phenoxy) is 1. The number of aromatic hydroxyl groups is 1. The average Bonchev–Trinajstić information content (AvgIpc) is 2.79. The molecule has 2 aromatic rings. The van der Waals surface area contributed by atoms with Gasteiger partial charge < -0.3 is 15.2 Å². The summed E-state index contributed by atoms with van der Waals surface area (Å²) in [6.07, 6.45) is 1.91. The zero-order valence-corrected chi connectivity index (χ0v) is 22.5. The van der Waals surface area contributed by atoms with Gasteiger partial charge in [-0.2, -0.15) is 0 Å². The van der Waals surface area contributed by atoms with E-state index >= 15 is 0 Å². The Balaban J connectivity index is 2.39. The lowest BCUT2D eigenvalue weighted by Crippen LogP contribution is -2.39. The van der Waals surface area contributed by atoms with E-state index in [-0.39, 0.29) is 27.2 Å². The molecule has 1 unspecified atom stereocenters. The van der Waals surface area contributed by atoms with E-state index in [1.165, 1.54) is 11.6 Å². The number of amides is 1. The van der Waals surface area contributed by atoms with Gasteiger partial charge in [0, 0.05) is 17.0 Å². The second-order valence-electron chi connectivity index (χ2n) is 9.87. The Kier molecular flexibility index (Phi) is 8.75. The first-order valence-electron chi connectivity index (χ1n) is 11.6.